The summed E-state index contributed by atoms with van der Waals surface area (Å²) in [5.74, 6) is -0.00805. The van der Waals surface area contributed by atoms with E-state index in [2.05, 4.69) is 36.1 Å². The lowest BCUT2D eigenvalue weighted by molar-refractivity contribution is -0.137. The quantitative estimate of drug-likeness (QED) is 0.234. The summed E-state index contributed by atoms with van der Waals surface area (Å²) in [6.45, 7) is 5.51. The molecule has 0 unspecified atom stereocenters. The minimum absolute atomic E-state index is 0.0324. The smallest absolute Gasteiger partial charge is 0.400 e. The zero-order valence-electron chi connectivity index (χ0n) is 17.0. The molecule has 0 amide bonds. The molecule has 1 saturated carbocycles. The summed E-state index contributed by atoms with van der Waals surface area (Å²) >= 11 is 0. The number of alkyl halides is 3. The van der Waals surface area contributed by atoms with Gasteiger partial charge in [-0.25, -0.2) is 4.98 Å². The first-order valence-corrected chi connectivity index (χ1v) is 9.36. The highest BCUT2D eigenvalue weighted by Crippen LogP contribution is 2.33. The molecule has 9 nitrogen and oxygen atoms in total. The van der Waals surface area contributed by atoms with Crippen molar-refractivity contribution in [2.45, 2.75) is 51.4 Å². The second-order valence-electron chi connectivity index (χ2n) is 7.14. The lowest BCUT2D eigenvalue weighted by Gasteiger charge is -2.25. The first-order chi connectivity index (χ1) is 14.1. The van der Waals surface area contributed by atoms with Crippen LogP contribution in [-0.2, 0) is 6.18 Å². The average molecular weight is 425 g/mol. The Balaban J connectivity index is 2.30. The van der Waals surface area contributed by atoms with Gasteiger partial charge in [-0.15, -0.1) is 0 Å². The van der Waals surface area contributed by atoms with Crippen molar-refractivity contribution in [1.29, 1.82) is 5.41 Å². The van der Waals surface area contributed by atoms with Gasteiger partial charge in [0, 0.05) is 30.7 Å². The lowest BCUT2D eigenvalue weighted by Crippen LogP contribution is -2.41. The predicted molar refractivity (Wildman–Crippen MR) is 112 cm³/mol. The third-order valence-corrected chi connectivity index (χ3v) is 4.05. The van der Waals surface area contributed by atoms with Crippen molar-refractivity contribution in [2.75, 3.05) is 17.2 Å². The maximum atomic E-state index is 13.2. The average Bonchev–Trinajstić information content (AvgIpc) is 3.45. The van der Waals surface area contributed by atoms with Gasteiger partial charge in [0.05, 0.1) is 17.8 Å². The van der Waals surface area contributed by atoms with Gasteiger partial charge in [-0.1, -0.05) is 0 Å². The molecular weight excluding hydrogens is 399 g/mol. The van der Waals surface area contributed by atoms with Gasteiger partial charge >= 0.3 is 6.18 Å². The van der Waals surface area contributed by atoms with Crippen LogP contribution >= 0.6 is 0 Å². The molecule has 1 aliphatic rings. The summed E-state index contributed by atoms with van der Waals surface area (Å²) in [6, 6.07) is 0.117. The van der Waals surface area contributed by atoms with Gasteiger partial charge in [0.1, 0.15) is 17.2 Å². The molecule has 1 aromatic rings. The molecule has 2 rings (SSSR count). The van der Waals surface area contributed by atoms with Gasteiger partial charge < -0.3 is 21.8 Å². The van der Waals surface area contributed by atoms with E-state index < -0.39 is 17.3 Å². The number of hydrogen-bond acceptors (Lipinski definition) is 8. The van der Waals surface area contributed by atoms with Crippen LogP contribution in [0.4, 0.5) is 24.9 Å². The van der Waals surface area contributed by atoms with Crippen LogP contribution in [0.5, 0.6) is 0 Å². The Morgan fingerprint density at radius 3 is 2.63 bits per heavy atom. The number of nitrogens with two attached hydrogens (primary N) is 1. The zero-order valence-corrected chi connectivity index (χ0v) is 17.0. The van der Waals surface area contributed by atoms with Crippen LogP contribution in [0.25, 0.3) is 0 Å². The van der Waals surface area contributed by atoms with Crippen LogP contribution in [0.2, 0.25) is 0 Å². The van der Waals surface area contributed by atoms with Crippen molar-refractivity contribution in [3.8, 4) is 0 Å². The first-order valence-electron chi connectivity index (χ1n) is 9.36. The molecule has 1 aliphatic carbocycles. The van der Waals surface area contributed by atoms with Gasteiger partial charge in [-0.05, 0) is 33.6 Å². The molecular formula is C18H26F3N9. The molecule has 0 atom stereocenters. The number of nitrogens with zero attached hydrogens (tertiary/aromatic N) is 4. The Morgan fingerprint density at radius 2 is 2.07 bits per heavy atom. The van der Waals surface area contributed by atoms with Crippen molar-refractivity contribution in [2.24, 2.45) is 15.8 Å². The maximum Gasteiger partial charge on any atom is 0.421 e. The van der Waals surface area contributed by atoms with Gasteiger partial charge in [0.2, 0.25) is 5.95 Å². The highest BCUT2D eigenvalue weighted by molar-refractivity contribution is 6.14. The standard InChI is InChI=1S/C18H26F3N9/c1-4-24-15-12(18(19,20)21)10-25-16(29-15)28-14(27-11-5-6-11)9-13(23)17(2,3)30-26-8-7-22/h7-11,22,30H,4-6,23H2,1-3H3,(H2,24,25,27,28,29)/b13-9-,22-7?,26-8-. The number of amidine groups is 1. The largest absolute Gasteiger partial charge is 0.421 e. The van der Waals surface area contributed by atoms with Gasteiger partial charge in [0.25, 0.3) is 0 Å². The number of hydrogen-bond donors (Lipinski definition) is 5. The molecule has 0 saturated heterocycles. The van der Waals surface area contributed by atoms with Crippen LogP contribution in [0.15, 0.2) is 28.1 Å². The molecule has 30 heavy (non-hydrogen) atoms. The van der Waals surface area contributed by atoms with Crippen LogP contribution in [-0.4, -0.2) is 46.4 Å². The Labute approximate surface area is 172 Å². The van der Waals surface area contributed by atoms with E-state index in [0.29, 0.717) is 11.5 Å². The molecule has 1 aromatic heterocycles. The Hall–Kier alpha value is -3.18. The fourth-order valence-electron chi connectivity index (χ4n) is 2.20. The first kappa shape index (κ1) is 23.1. The zero-order chi connectivity index (χ0) is 22.4. The van der Waals surface area contributed by atoms with E-state index in [-0.39, 0.29) is 24.4 Å². The summed E-state index contributed by atoms with van der Waals surface area (Å²) in [5, 5.41) is 16.3. The summed E-state index contributed by atoms with van der Waals surface area (Å²) < 4.78 is 39.5. The molecule has 1 fully saturated rings. The molecule has 0 spiro atoms. The monoisotopic (exact) mass is 425 g/mol. The van der Waals surface area contributed by atoms with Crippen LogP contribution in [0.3, 0.4) is 0 Å². The number of halogens is 3. The van der Waals surface area contributed by atoms with E-state index in [1.54, 1.807) is 26.8 Å². The summed E-state index contributed by atoms with van der Waals surface area (Å²) in [6.07, 6.45) is 1.85. The number of aromatic nitrogens is 2. The second-order valence-corrected chi connectivity index (χ2v) is 7.14. The molecule has 164 valence electrons. The van der Waals surface area contributed by atoms with Crippen molar-refractivity contribution in [3.63, 3.8) is 0 Å². The Bertz CT molecular complexity index is 840. The molecule has 0 bridgehead atoms. The van der Waals surface area contributed by atoms with E-state index in [0.717, 1.165) is 25.3 Å². The van der Waals surface area contributed by atoms with Crippen molar-refractivity contribution in [3.05, 3.63) is 23.5 Å². The third-order valence-electron chi connectivity index (χ3n) is 4.05. The topological polar surface area (TPSA) is 136 Å². The Morgan fingerprint density at radius 1 is 1.37 bits per heavy atom. The van der Waals surface area contributed by atoms with Crippen molar-refractivity contribution >= 4 is 30.0 Å². The molecule has 0 aromatic carbocycles. The van der Waals surface area contributed by atoms with E-state index in [4.69, 9.17) is 11.1 Å². The summed E-state index contributed by atoms with van der Waals surface area (Å²) in [4.78, 5) is 12.3. The van der Waals surface area contributed by atoms with Crippen LogP contribution in [0.1, 0.15) is 39.2 Å². The minimum Gasteiger partial charge on any atom is -0.400 e. The number of hydrazone groups is 1. The number of aliphatic imine (C=N–C) groups is 1. The number of anilines is 2. The molecule has 0 radical (unpaired) electrons. The third kappa shape index (κ3) is 6.71. The van der Waals surface area contributed by atoms with Gasteiger partial charge in [-0.2, -0.15) is 23.3 Å². The van der Waals surface area contributed by atoms with E-state index >= 15 is 0 Å². The van der Waals surface area contributed by atoms with E-state index in [9.17, 15) is 13.2 Å². The second kappa shape index (κ2) is 9.55. The summed E-state index contributed by atoms with van der Waals surface area (Å²) in [7, 11) is 0. The van der Waals surface area contributed by atoms with Crippen LogP contribution in [0, 0.1) is 5.41 Å². The van der Waals surface area contributed by atoms with Crippen molar-refractivity contribution < 1.29 is 13.2 Å². The van der Waals surface area contributed by atoms with Crippen LogP contribution < -0.4 is 21.8 Å². The SMILES string of the molecule is CCNc1nc(NC(/C=C(\N)C(C)(C)N/N=C\C=N)=NC2CC2)ncc1C(F)(F)F. The fourth-order valence-corrected chi connectivity index (χ4v) is 2.20. The van der Waals surface area contributed by atoms with Gasteiger partial charge in [0.15, 0.2) is 0 Å². The Kier molecular flexibility index (Phi) is 7.35. The molecule has 0 aliphatic heterocycles. The molecule has 1 heterocycles. The molecule has 12 heteroatoms. The van der Waals surface area contributed by atoms with Gasteiger partial charge in [-0.3, -0.25) is 10.4 Å². The minimum atomic E-state index is -4.57. The maximum absolute atomic E-state index is 13.2. The fraction of sp³-hybridized carbons (Fsp3) is 0.500. The predicted octanol–water partition coefficient (Wildman–Crippen LogP) is 2.75. The normalized spacial score (nSPS) is 15.9. The van der Waals surface area contributed by atoms with E-state index in [1.165, 1.54) is 6.21 Å². The van der Waals surface area contributed by atoms with Crippen molar-refractivity contribution in [1.82, 2.24) is 15.4 Å². The highest BCUT2D eigenvalue weighted by atomic mass is 19.4. The number of nitrogens with one attached hydrogen (secondary N) is 4. The highest BCUT2D eigenvalue weighted by Gasteiger charge is 2.35. The lowest BCUT2D eigenvalue weighted by atomic mass is 10.0. The molecule has 6 N–H and O–H groups in total. The summed E-state index contributed by atoms with van der Waals surface area (Å²) in [5.41, 5.74) is 7.68. The number of rotatable bonds is 9. The van der Waals surface area contributed by atoms with E-state index in [1.807, 2.05) is 0 Å².